The number of carbonyl (C=O) groups excluding carboxylic acids is 1. The molecule has 1 fully saturated rings. The maximum absolute atomic E-state index is 12.3. The molecule has 2 rings (SSSR count). The third-order valence-corrected chi connectivity index (χ3v) is 3.70. The van der Waals surface area contributed by atoms with Crippen molar-refractivity contribution in [3.8, 4) is 5.75 Å². The Hall–Kier alpha value is -1.51. The van der Waals surface area contributed by atoms with Crippen molar-refractivity contribution in [2.45, 2.75) is 33.1 Å². The number of ether oxygens (including phenoxy) is 1. The van der Waals surface area contributed by atoms with Crippen molar-refractivity contribution in [2.75, 3.05) is 20.2 Å². The van der Waals surface area contributed by atoms with Gasteiger partial charge in [-0.05, 0) is 24.1 Å². The quantitative estimate of drug-likeness (QED) is 0.819. The number of nitrogens with zero attached hydrogens (tertiary/aromatic N) is 1. The minimum atomic E-state index is -0.283. The molecule has 0 N–H and O–H groups in total. The summed E-state index contributed by atoms with van der Waals surface area (Å²) in [5.41, 5.74) is 1.01. The lowest BCUT2D eigenvalue weighted by Crippen LogP contribution is -2.37. The molecular formula is C16H23NO2. The fraction of sp³-hybridized carbons (Fsp3) is 0.562. The molecule has 1 heterocycles. The number of likely N-dealkylation sites (tertiary alicyclic amines) is 1. The third kappa shape index (κ3) is 3.09. The number of amides is 1. The number of methoxy groups -OCH3 is 1. The van der Waals surface area contributed by atoms with Crippen LogP contribution in [-0.4, -0.2) is 31.0 Å². The first-order chi connectivity index (χ1) is 8.91. The predicted molar refractivity (Wildman–Crippen MR) is 76.4 cm³/mol. The van der Waals surface area contributed by atoms with E-state index in [4.69, 9.17) is 4.74 Å². The van der Waals surface area contributed by atoms with E-state index < -0.39 is 0 Å². The Morgan fingerprint density at radius 1 is 1.26 bits per heavy atom. The average molecular weight is 261 g/mol. The second kappa shape index (κ2) is 5.24. The summed E-state index contributed by atoms with van der Waals surface area (Å²) < 4.78 is 5.17. The van der Waals surface area contributed by atoms with E-state index in [1.54, 1.807) is 7.11 Å². The summed E-state index contributed by atoms with van der Waals surface area (Å²) >= 11 is 0. The van der Waals surface area contributed by atoms with Crippen LogP contribution in [0.5, 0.6) is 5.75 Å². The zero-order valence-electron chi connectivity index (χ0n) is 12.3. The average Bonchev–Trinajstić information content (AvgIpc) is 2.86. The zero-order chi connectivity index (χ0) is 14.0. The fourth-order valence-corrected chi connectivity index (χ4v) is 2.57. The smallest absolute Gasteiger partial charge is 0.227 e. The first-order valence-corrected chi connectivity index (χ1v) is 6.85. The van der Waals surface area contributed by atoms with Crippen molar-refractivity contribution in [2.24, 2.45) is 5.41 Å². The van der Waals surface area contributed by atoms with E-state index in [1.165, 1.54) is 5.56 Å². The molecule has 0 unspecified atom stereocenters. The van der Waals surface area contributed by atoms with Gasteiger partial charge >= 0.3 is 0 Å². The van der Waals surface area contributed by atoms with Gasteiger partial charge in [0.1, 0.15) is 5.75 Å². The molecule has 3 heteroatoms. The molecule has 0 saturated carbocycles. The number of carbonyl (C=O) groups is 1. The lowest BCUT2D eigenvalue weighted by molar-refractivity contribution is -0.138. The topological polar surface area (TPSA) is 29.5 Å². The van der Waals surface area contributed by atoms with Crippen LogP contribution < -0.4 is 4.74 Å². The van der Waals surface area contributed by atoms with E-state index in [9.17, 15) is 4.79 Å². The van der Waals surface area contributed by atoms with Gasteiger partial charge in [0, 0.05) is 24.4 Å². The summed E-state index contributed by atoms with van der Waals surface area (Å²) in [7, 11) is 1.67. The SMILES string of the molecule is COc1ccc([C@H]2CCN(C(=O)C(C)(C)C)C2)cc1. The molecule has 0 bridgehead atoms. The Morgan fingerprint density at radius 2 is 1.89 bits per heavy atom. The Labute approximate surface area is 115 Å². The highest BCUT2D eigenvalue weighted by Crippen LogP contribution is 2.31. The Balaban J connectivity index is 2.03. The van der Waals surface area contributed by atoms with Crippen molar-refractivity contribution < 1.29 is 9.53 Å². The van der Waals surface area contributed by atoms with Crippen LogP contribution in [-0.2, 0) is 4.79 Å². The zero-order valence-corrected chi connectivity index (χ0v) is 12.3. The second-order valence-corrected chi connectivity index (χ2v) is 6.26. The van der Waals surface area contributed by atoms with Gasteiger partial charge in [-0.15, -0.1) is 0 Å². The Morgan fingerprint density at radius 3 is 2.42 bits per heavy atom. The second-order valence-electron chi connectivity index (χ2n) is 6.26. The van der Waals surface area contributed by atoms with Crippen LogP contribution in [0.4, 0.5) is 0 Å². The molecule has 0 radical (unpaired) electrons. The first kappa shape index (κ1) is 13.9. The molecule has 1 saturated heterocycles. The van der Waals surface area contributed by atoms with Gasteiger partial charge < -0.3 is 9.64 Å². The van der Waals surface area contributed by atoms with Gasteiger partial charge in [-0.2, -0.15) is 0 Å². The van der Waals surface area contributed by atoms with E-state index in [0.717, 1.165) is 25.3 Å². The van der Waals surface area contributed by atoms with E-state index in [-0.39, 0.29) is 11.3 Å². The molecule has 1 atom stereocenters. The lowest BCUT2D eigenvalue weighted by Gasteiger charge is -2.25. The van der Waals surface area contributed by atoms with Crippen molar-refractivity contribution in [1.29, 1.82) is 0 Å². The highest BCUT2D eigenvalue weighted by atomic mass is 16.5. The van der Waals surface area contributed by atoms with Gasteiger partial charge in [-0.3, -0.25) is 4.79 Å². The molecule has 104 valence electrons. The van der Waals surface area contributed by atoms with E-state index in [2.05, 4.69) is 12.1 Å². The van der Waals surface area contributed by atoms with Gasteiger partial charge in [0.05, 0.1) is 7.11 Å². The molecule has 19 heavy (non-hydrogen) atoms. The van der Waals surface area contributed by atoms with Crippen LogP contribution in [0.2, 0.25) is 0 Å². The Kier molecular flexibility index (Phi) is 3.83. The van der Waals surface area contributed by atoms with Crippen molar-refractivity contribution in [3.05, 3.63) is 29.8 Å². The molecule has 0 aliphatic carbocycles. The molecule has 1 amide bonds. The number of hydrogen-bond acceptors (Lipinski definition) is 2. The standard InChI is InChI=1S/C16H23NO2/c1-16(2,3)15(18)17-10-9-13(11-17)12-5-7-14(19-4)8-6-12/h5-8,13H,9-11H2,1-4H3/t13-/m0/s1. The summed E-state index contributed by atoms with van der Waals surface area (Å²) in [5.74, 6) is 1.59. The van der Waals surface area contributed by atoms with E-state index in [0.29, 0.717) is 5.92 Å². The van der Waals surface area contributed by atoms with E-state index >= 15 is 0 Å². The summed E-state index contributed by atoms with van der Waals surface area (Å²) in [4.78, 5) is 14.2. The third-order valence-electron chi connectivity index (χ3n) is 3.70. The molecule has 0 aromatic heterocycles. The number of rotatable bonds is 2. The van der Waals surface area contributed by atoms with Crippen molar-refractivity contribution >= 4 is 5.91 Å². The fourth-order valence-electron chi connectivity index (χ4n) is 2.57. The van der Waals surface area contributed by atoms with Gasteiger partial charge in [0.25, 0.3) is 0 Å². The molecule has 1 aromatic carbocycles. The largest absolute Gasteiger partial charge is 0.497 e. The van der Waals surface area contributed by atoms with Crippen LogP contribution in [0.3, 0.4) is 0 Å². The van der Waals surface area contributed by atoms with Gasteiger partial charge in [0.2, 0.25) is 5.91 Å². The number of benzene rings is 1. The molecule has 0 spiro atoms. The Bertz CT molecular complexity index is 445. The van der Waals surface area contributed by atoms with Crippen LogP contribution in [0, 0.1) is 5.41 Å². The maximum atomic E-state index is 12.3. The van der Waals surface area contributed by atoms with Crippen LogP contribution >= 0.6 is 0 Å². The minimum Gasteiger partial charge on any atom is -0.497 e. The summed E-state index contributed by atoms with van der Waals surface area (Å²) in [6.07, 6.45) is 1.05. The molecule has 1 aliphatic heterocycles. The molecule has 1 aromatic rings. The van der Waals surface area contributed by atoms with E-state index in [1.807, 2.05) is 37.8 Å². The van der Waals surface area contributed by atoms with Crippen molar-refractivity contribution in [1.82, 2.24) is 4.90 Å². The molecule has 3 nitrogen and oxygen atoms in total. The lowest BCUT2D eigenvalue weighted by atomic mass is 9.94. The van der Waals surface area contributed by atoms with Gasteiger partial charge in [-0.1, -0.05) is 32.9 Å². The van der Waals surface area contributed by atoms with Gasteiger partial charge in [-0.25, -0.2) is 0 Å². The normalized spacial score (nSPS) is 19.6. The summed E-state index contributed by atoms with van der Waals surface area (Å²) in [5, 5.41) is 0. The first-order valence-electron chi connectivity index (χ1n) is 6.85. The van der Waals surface area contributed by atoms with Crippen molar-refractivity contribution in [3.63, 3.8) is 0 Å². The monoisotopic (exact) mass is 261 g/mol. The van der Waals surface area contributed by atoms with Crippen LogP contribution in [0.1, 0.15) is 38.7 Å². The minimum absolute atomic E-state index is 0.253. The maximum Gasteiger partial charge on any atom is 0.227 e. The van der Waals surface area contributed by atoms with Crippen LogP contribution in [0.15, 0.2) is 24.3 Å². The van der Waals surface area contributed by atoms with Crippen LogP contribution in [0.25, 0.3) is 0 Å². The highest BCUT2D eigenvalue weighted by molar-refractivity contribution is 5.81. The van der Waals surface area contributed by atoms with Gasteiger partial charge in [0.15, 0.2) is 0 Å². The highest BCUT2D eigenvalue weighted by Gasteiger charge is 2.33. The number of hydrogen-bond donors (Lipinski definition) is 0. The summed E-state index contributed by atoms with van der Waals surface area (Å²) in [6, 6.07) is 8.19. The molecule has 1 aliphatic rings. The summed E-state index contributed by atoms with van der Waals surface area (Å²) in [6.45, 7) is 7.65. The molecular weight excluding hydrogens is 238 g/mol. The predicted octanol–water partition coefficient (Wildman–Crippen LogP) is 3.06.